The quantitative estimate of drug-likeness (QED) is 0.871. The Morgan fingerprint density at radius 3 is 2.45 bits per heavy atom. The highest BCUT2D eigenvalue weighted by Gasteiger charge is 2.08. The van der Waals surface area contributed by atoms with E-state index in [1.165, 1.54) is 0 Å². The predicted octanol–water partition coefficient (Wildman–Crippen LogP) is 4.15. The van der Waals surface area contributed by atoms with Crippen molar-refractivity contribution in [2.45, 2.75) is 6.10 Å². The molecule has 0 saturated heterocycles. The Morgan fingerprint density at radius 1 is 1.15 bits per heavy atom. The first-order chi connectivity index (χ1) is 9.60. The molecule has 2 aromatic rings. The van der Waals surface area contributed by atoms with Crippen LogP contribution in [0.3, 0.4) is 0 Å². The predicted molar refractivity (Wildman–Crippen MR) is 82.9 cm³/mol. The third-order valence-corrected chi connectivity index (χ3v) is 3.45. The number of aliphatic hydroxyl groups excluding tert-OH is 1. The van der Waals surface area contributed by atoms with E-state index in [2.05, 4.69) is 5.32 Å². The molecule has 20 heavy (non-hydrogen) atoms. The first-order valence-electron chi connectivity index (χ1n) is 6.11. The lowest BCUT2D eigenvalue weighted by molar-refractivity contribution is 0.191. The molecule has 0 heterocycles. The minimum Gasteiger partial charge on any atom is -0.495 e. The van der Waals surface area contributed by atoms with Crippen molar-refractivity contribution >= 4 is 28.9 Å². The molecule has 2 aromatic carbocycles. The maximum atomic E-state index is 10.1. The number of aliphatic hydroxyl groups is 1. The second-order valence-corrected chi connectivity index (χ2v) is 5.14. The molecule has 5 heteroatoms. The summed E-state index contributed by atoms with van der Waals surface area (Å²) in [4.78, 5) is 0. The van der Waals surface area contributed by atoms with Gasteiger partial charge in [0.1, 0.15) is 5.75 Å². The molecule has 3 nitrogen and oxygen atoms in total. The zero-order valence-corrected chi connectivity index (χ0v) is 12.4. The summed E-state index contributed by atoms with van der Waals surface area (Å²) >= 11 is 11.8. The Balaban J connectivity index is 1.97. The summed E-state index contributed by atoms with van der Waals surface area (Å²) < 4.78 is 5.08. The van der Waals surface area contributed by atoms with Gasteiger partial charge in [-0.05, 0) is 35.9 Å². The van der Waals surface area contributed by atoms with Gasteiger partial charge < -0.3 is 15.2 Å². The number of benzene rings is 2. The van der Waals surface area contributed by atoms with Gasteiger partial charge in [-0.25, -0.2) is 0 Å². The summed E-state index contributed by atoms with van der Waals surface area (Å²) in [6.45, 7) is 0.379. The number of methoxy groups -OCH3 is 1. The van der Waals surface area contributed by atoms with Crippen LogP contribution in [0.4, 0.5) is 5.69 Å². The summed E-state index contributed by atoms with van der Waals surface area (Å²) in [5.74, 6) is 0.621. The van der Waals surface area contributed by atoms with Crippen LogP contribution >= 0.6 is 23.2 Å². The zero-order chi connectivity index (χ0) is 14.5. The first kappa shape index (κ1) is 15.0. The summed E-state index contributed by atoms with van der Waals surface area (Å²) in [6.07, 6.45) is -0.617. The maximum Gasteiger partial charge on any atom is 0.137 e. The van der Waals surface area contributed by atoms with Crippen molar-refractivity contribution in [2.24, 2.45) is 0 Å². The Labute approximate surface area is 128 Å². The summed E-state index contributed by atoms with van der Waals surface area (Å²) in [6, 6.07) is 12.5. The monoisotopic (exact) mass is 311 g/mol. The molecule has 2 rings (SSSR count). The fourth-order valence-electron chi connectivity index (χ4n) is 1.79. The third-order valence-electron chi connectivity index (χ3n) is 2.91. The van der Waals surface area contributed by atoms with Crippen molar-refractivity contribution in [1.82, 2.24) is 0 Å². The molecule has 0 aliphatic rings. The van der Waals surface area contributed by atoms with E-state index in [9.17, 15) is 5.11 Å². The largest absolute Gasteiger partial charge is 0.495 e. The molecule has 106 valence electrons. The Bertz CT molecular complexity index is 573. The van der Waals surface area contributed by atoms with Crippen molar-refractivity contribution in [3.8, 4) is 5.75 Å². The van der Waals surface area contributed by atoms with Crippen LogP contribution in [0.1, 0.15) is 11.7 Å². The molecule has 0 aliphatic carbocycles. The Morgan fingerprint density at radius 2 is 1.85 bits per heavy atom. The number of halogens is 2. The fraction of sp³-hybridized carbons (Fsp3) is 0.200. The molecule has 0 fully saturated rings. The molecular formula is C15H15Cl2NO2. The van der Waals surface area contributed by atoms with Crippen LogP contribution < -0.4 is 10.1 Å². The smallest absolute Gasteiger partial charge is 0.137 e. The average Bonchev–Trinajstić information content (AvgIpc) is 2.45. The minimum absolute atomic E-state index is 0.379. The molecular weight excluding hydrogens is 297 g/mol. The first-order valence-corrected chi connectivity index (χ1v) is 6.86. The lowest BCUT2D eigenvalue weighted by atomic mass is 10.1. The molecule has 1 unspecified atom stereocenters. The van der Waals surface area contributed by atoms with Crippen molar-refractivity contribution < 1.29 is 9.84 Å². The molecule has 0 spiro atoms. The molecule has 2 N–H and O–H groups in total. The summed E-state index contributed by atoms with van der Waals surface area (Å²) in [5.41, 5.74) is 1.63. The van der Waals surface area contributed by atoms with Gasteiger partial charge in [0.2, 0.25) is 0 Å². The third kappa shape index (κ3) is 3.79. The number of anilines is 1. The summed E-state index contributed by atoms with van der Waals surface area (Å²) in [5, 5.41) is 14.4. The van der Waals surface area contributed by atoms with Crippen LogP contribution in [0, 0.1) is 0 Å². The van der Waals surface area contributed by atoms with Gasteiger partial charge >= 0.3 is 0 Å². The van der Waals surface area contributed by atoms with Crippen molar-refractivity contribution in [2.75, 3.05) is 19.0 Å². The van der Waals surface area contributed by atoms with Gasteiger partial charge in [0.15, 0.2) is 0 Å². The second-order valence-electron chi connectivity index (χ2n) is 4.30. The zero-order valence-electron chi connectivity index (χ0n) is 10.9. The molecule has 0 radical (unpaired) electrons. The SMILES string of the molecule is COc1ccc(NCC(O)c2ccc(Cl)cc2)cc1Cl. The van der Waals surface area contributed by atoms with Crippen LogP contribution in [-0.2, 0) is 0 Å². The fourth-order valence-corrected chi connectivity index (χ4v) is 2.18. The van der Waals surface area contributed by atoms with Crippen LogP contribution in [0.25, 0.3) is 0 Å². The molecule has 1 atom stereocenters. The van der Waals surface area contributed by atoms with E-state index in [0.29, 0.717) is 22.3 Å². The van der Waals surface area contributed by atoms with Crippen molar-refractivity contribution in [3.63, 3.8) is 0 Å². The van der Waals surface area contributed by atoms with Gasteiger partial charge in [-0.3, -0.25) is 0 Å². The van der Waals surface area contributed by atoms with E-state index in [4.69, 9.17) is 27.9 Å². The molecule has 0 bridgehead atoms. The highest BCUT2D eigenvalue weighted by atomic mass is 35.5. The minimum atomic E-state index is -0.617. The molecule has 0 amide bonds. The van der Waals surface area contributed by atoms with Crippen molar-refractivity contribution in [3.05, 3.63) is 58.1 Å². The Hall–Kier alpha value is -1.42. The van der Waals surface area contributed by atoms with Gasteiger partial charge in [0, 0.05) is 17.3 Å². The number of hydrogen-bond acceptors (Lipinski definition) is 3. The number of rotatable bonds is 5. The highest BCUT2D eigenvalue weighted by Crippen LogP contribution is 2.27. The van der Waals surface area contributed by atoms with E-state index < -0.39 is 6.10 Å². The standard InChI is InChI=1S/C15H15Cl2NO2/c1-20-15-7-6-12(8-13(15)17)18-9-14(19)10-2-4-11(16)5-3-10/h2-8,14,18-19H,9H2,1H3. The highest BCUT2D eigenvalue weighted by molar-refractivity contribution is 6.32. The second kappa shape index (κ2) is 6.84. The van der Waals surface area contributed by atoms with Gasteiger partial charge in [-0.15, -0.1) is 0 Å². The molecule has 0 aliphatic heterocycles. The average molecular weight is 312 g/mol. The Kier molecular flexibility index (Phi) is 5.12. The van der Waals surface area contributed by atoms with Crippen LogP contribution in [-0.4, -0.2) is 18.8 Å². The van der Waals surface area contributed by atoms with Gasteiger partial charge in [-0.2, -0.15) is 0 Å². The van der Waals surface area contributed by atoms with Crippen molar-refractivity contribution in [1.29, 1.82) is 0 Å². The lowest BCUT2D eigenvalue weighted by Gasteiger charge is -2.14. The van der Waals surface area contributed by atoms with E-state index in [-0.39, 0.29) is 0 Å². The van der Waals surface area contributed by atoms with Gasteiger partial charge in [0.05, 0.1) is 18.2 Å². The van der Waals surface area contributed by atoms with Gasteiger partial charge in [-0.1, -0.05) is 35.3 Å². The van der Waals surface area contributed by atoms with Crippen LogP contribution in [0.2, 0.25) is 10.0 Å². The maximum absolute atomic E-state index is 10.1. The van der Waals surface area contributed by atoms with E-state index in [1.807, 2.05) is 6.07 Å². The topological polar surface area (TPSA) is 41.5 Å². The van der Waals surface area contributed by atoms with E-state index in [1.54, 1.807) is 43.5 Å². The number of ether oxygens (including phenoxy) is 1. The molecule has 0 saturated carbocycles. The number of nitrogens with one attached hydrogen (secondary N) is 1. The summed E-state index contributed by atoms with van der Waals surface area (Å²) in [7, 11) is 1.57. The van der Waals surface area contributed by atoms with Crippen LogP contribution in [0.15, 0.2) is 42.5 Å². The van der Waals surface area contributed by atoms with Crippen LogP contribution in [0.5, 0.6) is 5.75 Å². The lowest BCUT2D eigenvalue weighted by Crippen LogP contribution is -2.12. The number of hydrogen-bond donors (Lipinski definition) is 2. The normalized spacial score (nSPS) is 12.0. The van der Waals surface area contributed by atoms with E-state index in [0.717, 1.165) is 11.3 Å². The van der Waals surface area contributed by atoms with Gasteiger partial charge in [0.25, 0.3) is 0 Å². The van der Waals surface area contributed by atoms with E-state index >= 15 is 0 Å². The molecule has 0 aromatic heterocycles.